The number of nitrogens with zero attached hydrogens (tertiary/aromatic N) is 1. The lowest BCUT2D eigenvalue weighted by Gasteiger charge is -2.16. The highest BCUT2D eigenvalue weighted by Crippen LogP contribution is 2.21. The molecule has 0 bridgehead atoms. The maximum absolute atomic E-state index is 4.71. The molecule has 2 rings (SSSR count). The van der Waals surface area contributed by atoms with Crippen LogP contribution in [0, 0.1) is 0 Å². The van der Waals surface area contributed by atoms with Crippen molar-refractivity contribution in [3.63, 3.8) is 0 Å². The molecule has 0 aromatic carbocycles. The summed E-state index contributed by atoms with van der Waals surface area (Å²) in [7, 11) is 3.75. The summed E-state index contributed by atoms with van der Waals surface area (Å²) in [5, 5.41) is 2.75. The Morgan fingerprint density at radius 1 is 1.12 bits per heavy atom. The van der Waals surface area contributed by atoms with Gasteiger partial charge in [-0.1, -0.05) is 19.9 Å². The quantitative estimate of drug-likeness (QED) is 0.787. The summed E-state index contributed by atoms with van der Waals surface area (Å²) in [5.41, 5.74) is 4.09. The zero-order valence-electron chi connectivity index (χ0n) is 11.0. The highest BCUT2D eigenvalue weighted by molar-refractivity contribution is 5.26. The van der Waals surface area contributed by atoms with Crippen molar-refractivity contribution in [1.82, 2.24) is 10.3 Å². The molecule has 1 aliphatic rings. The molecule has 1 N–H and O–H groups in total. The van der Waals surface area contributed by atoms with Crippen molar-refractivity contribution in [2.24, 2.45) is 0 Å². The predicted octanol–water partition coefficient (Wildman–Crippen LogP) is 2.92. The first kappa shape index (κ1) is 13.2. The first-order valence-corrected chi connectivity index (χ1v) is 6.26. The molecule has 0 unspecified atom stereocenters. The maximum atomic E-state index is 4.71. The Morgan fingerprint density at radius 2 is 1.75 bits per heavy atom. The van der Waals surface area contributed by atoms with Gasteiger partial charge in [-0.25, -0.2) is 0 Å². The molecule has 0 saturated carbocycles. The van der Waals surface area contributed by atoms with Gasteiger partial charge in [0, 0.05) is 11.4 Å². The van der Waals surface area contributed by atoms with Crippen LogP contribution < -0.4 is 5.32 Å². The number of nitrogens with one attached hydrogen (secondary N) is 1. The van der Waals surface area contributed by atoms with Gasteiger partial charge in [0.05, 0.1) is 0 Å². The van der Waals surface area contributed by atoms with Crippen molar-refractivity contribution in [3.05, 3.63) is 29.1 Å². The first-order valence-electron chi connectivity index (χ1n) is 6.26. The lowest BCUT2D eigenvalue weighted by molar-refractivity contribution is 0.657. The molecule has 0 radical (unpaired) electrons. The second-order valence-electron chi connectivity index (χ2n) is 4.70. The average molecular weight is 220 g/mol. The minimum Gasteiger partial charge on any atom is -0.323 e. The Balaban J connectivity index is 0.000000386. The molecule has 0 amide bonds. The number of hydrogen-bond acceptors (Lipinski definition) is 2. The van der Waals surface area contributed by atoms with E-state index in [9.17, 15) is 0 Å². The third-order valence-corrected chi connectivity index (χ3v) is 2.79. The fourth-order valence-electron chi connectivity index (χ4n) is 1.92. The average Bonchev–Trinajstić information content (AvgIpc) is 2.29. The number of aromatic nitrogens is 1. The van der Waals surface area contributed by atoms with E-state index in [0.29, 0.717) is 5.92 Å². The monoisotopic (exact) mass is 220 g/mol. The van der Waals surface area contributed by atoms with Crippen molar-refractivity contribution >= 4 is 0 Å². The van der Waals surface area contributed by atoms with Gasteiger partial charge in [-0.05, 0) is 57.3 Å². The molecule has 0 aliphatic heterocycles. The number of fused-ring (bicyclic) bond motifs is 1. The zero-order chi connectivity index (χ0) is 12.0. The zero-order valence-corrected chi connectivity index (χ0v) is 11.0. The largest absolute Gasteiger partial charge is 0.323 e. The van der Waals surface area contributed by atoms with Crippen molar-refractivity contribution < 1.29 is 0 Å². The molecule has 2 heteroatoms. The van der Waals surface area contributed by atoms with Gasteiger partial charge in [0.2, 0.25) is 0 Å². The van der Waals surface area contributed by atoms with Gasteiger partial charge in [-0.3, -0.25) is 4.98 Å². The molecule has 1 aromatic rings. The molecule has 0 atom stereocenters. The van der Waals surface area contributed by atoms with E-state index in [2.05, 4.69) is 31.3 Å². The Kier molecular flexibility index (Phi) is 5.47. The van der Waals surface area contributed by atoms with Crippen LogP contribution >= 0.6 is 0 Å². The van der Waals surface area contributed by atoms with E-state index in [0.717, 1.165) is 0 Å². The van der Waals surface area contributed by atoms with Crippen LogP contribution in [0.5, 0.6) is 0 Å². The third-order valence-electron chi connectivity index (χ3n) is 2.79. The van der Waals surface area contributed by atoms with Crippen LogP contribution in [-0.2, 0) is 12.8 Å². The first-order chi connectivity index (χ1) is 7.69. The van der Waals surface area contributed by atoms with Crippen LogP contribution in [0.2, 0.25) is 0 Å². The molecular formula is C14H24N2. The second-order valence-corrected chi connectivity index (χ2v) is 4.70. The van der Waals surface area contributed by atoms with Crippen molar-refractivity contribution in [3.8, 4) is 0 Å². The Morgan fingerprint density at radius 3 is 2.38 bits per heavy atom. The van der Waals surface area contributed by atoms with Crippen molar-refractivity contribution in [2.45, 2.75) is 45.4 Å². The second kappa shape index (κ2) is 6.64. The number of aryl methyl sites for hydroxylation is 2. The smallest absolute Gasteiger partial charge is 0.0438 e. The molecule has 2 nitrogen and oxygen atoms in total. The molecule has 1 aromatic heterocycles. The normalized spacial score (nSPS) is 14.1. The van der Waals surface area contributed by atoms with Gasteiger partial charge in [-0.2, -0.15) is 0 Å². The molecule has 0 fully saturated rings. The molecular weight excluding hydrogens is 196 g/mol. The van der Waals surface area contributed by atoms with E-state index in [1.165, 1.54) is 42.6 Å². The van der Waals surface area contributed by atoms with E-state index in [4.69, 9.17) is 4.98 Å². The highest BCUT2D eigenvalue weighted by Gasteiger charge is 2.11. The van der Waals surface area contributed by atoms with E-state index in [1.54, 1.807) is 0 Å². The minimum atomic E-state index is 0.562. The lowest BCUT2D eigenvalue weighted by atomic mass is 9.95. The van der Waals surface area contributed by atoms with Gasteiger partial charge in [-0.15, -0.1) is 0 Å². The molecule has 90 valence electrons. The van der Waals surface area contributed by atoms with E-state index in [1.807, 2.05) is 14.1 Å². The molecule has 0 saturated heterocycles. The van der Waals surface area contributed by atoms with Crippen LogP contribution in [0.25, 0.3) is 0 Å². The summed E-state index contributed by atoms with van der Waals surface area (Å²) >= 11 is 0. The van der Waals surface area contributed by atoms with Gasteiger partial charge in [0.1, 0.15) is 0 Å². The predicted molar refractivity (Wildman–Crippen MR) is 70.0 cm³/mol. The molecule has 16 heavy (non-hydrogen) atoms. The summed E-state index contributed by atoms with van der Waals surface area (Å²) < 4.78 is 0. The standard InChI is InChI=1S/C12H17N.C2H7N/c1-9(2)11-8-7-10-5-3-4-6-12(10)13-11;1-3-2/h7-9H,3-6H2,1-2H3;3H,1-2H3. The third kappa shape index (κ3) is 3.60. The van der Waals surface area contributed by atoms with Crippen LogP contribution in [0.3, 0.4) is 0 Å². The van der Waals surface area contributed by atoms with Gasteiger partial charge in [0.25, 0.3) is 0 Å². The Hall–Kier alpha value is -0.890. The molecule has 1 aliphatic carbocycles. The molecule has 1 heterocycles. The number of pyridine rings is 1. The summed E-state index contributed by atoms with van der Waals surface area (Å²) in [6.07, 6.45) is 5.09. The minimum absolute atomic E-state index is 0.562. The highest BCUT2D eigenvalue weighted by atomic mass is 14.7. The van der Waals surface area contributed by atoms with Gasteiger partial charge < -0.3 is 5.32 Å². The Bertz CT molecular complexity index is 319. The van der Waals surface area contributed by atoms with Crippen LogP contribution in [0.15, 0.2) is 12.1 Å². The Labute approximate surface area is 99.5 Å². The summed E-state index contributed by atoms with van der Waals surface area (Å²) in [6.45, 7) is 4.41. The van der Waals surface area contributed by atoms with Crippen LogP contribution in [0.4, 0.5) is 0 Å². The fraction of sp³-hybridized carbons (Fsp3) is 0.643. The number of hydrogen-bond donors (Lipinski definition) is 1. The summed E-state index contributed by atoms with van der Waals surface area (Å²) in [5.74, 6) is 0.562. The van der Waals surface area contributed by atoms with Crippen molar-refractivity contribution in [1.29, 1.82) is 0 Å². The summed E-state index contributed by atoms with van der Waals surface area (Å²) in [4.78, 5) is 4.71. The SMILES string of the molecule is CC(C)c1ccc2c(n1)CCCC2.CNC. The van der Waals surface area contributed by atoms with Crippen molar-refractivity contribution in [2.75, 3.05) is 14.1 Å². The van der Waals surface area contributed by atoms with Crippen LogP contribution in [-0.4, -0.2) is 19.1 Å². The van der Waals surface area contributed by atoms with Crippen LogP contribution in [0.1, 0.15) is 49.6 Å². The topological polar surface area (TPSA) is 24.9 Å². The summed E-state index contributed by atoms with van der Waals surface area (Å²) in [6, 6.07) is 4.46. The van der Waals surface area contributed by atoms with Gasteiger partial charge >= 0.3 is 0 Å². The molecule has 0 spiro atoms. The fourth-order valence-corrected chi connectivity index (χ4v) is 1.92. The van der Waals surface area contributed by atoms with Gasteiger partial charge in [0.15, 0.2) is 0 Å². The van der Waals surface area contributed by atoms with E-state index < -0.39 is 0 Å². The van der Waals surface area contributed by atoms with E-state index in [-0.39, 0.29) is 0 Å². The van der Waals surface area contributed by atoms with E-state index >= 15 is 0 Å². The number of rotatable bonds is 1. The lowest BCUT2D eigenvalue weighted by Crippen LogP contribution is -2.07. The maximum Gasteiger partial charge on any atom is 0.0438 e.